The molecule has 0 amide bonds. The first kappa shape index (κ1) is 9.86. The highest BCUT2D eigenvalue weighted by Gasteiger charge is 2.03. The zero-order valence-electron chi connectivity index (χ0n) is 8.34. The SMILES string of the molecule is Cc1ncsc1-c1ccc(C=NN)cc1. The third kappa shape index (κ3) is 2.05. The van der Waals surface area contributed by atoms with Crippen molar-refractivity contribution in [2.24, 2.45) is 10.9 Å². The van der Waals surface area contributed by atoms with Crippen molar-refractivity contribution in [3.8, 4) is 10.4 Å². The second kappa shape index (κ2) is 4.23. The predicted octanol–water partition coefficient (Wildman–Crippen LogP) is 2.41. The number of hydrazone groups is 1. The Morgan fingerprint density at radius 2 is 2.07 bits per heavy atom. The summed E-state index contributed by atoms with van der Waals surface area (Å²) in [4.78, 5) is 5.44. The van der Waals surface area contributed by atoms with E-state index in [9.17, 15) is 0 Å². The maximum Gasteiger partial charge on any atom is 0.0801 e. The van der Waals surface area contributed by atoms with Crippen LogP contribution in [0.4, 0.5) is 0 Å². The van der Waals surface area contributed by atoms with Gasteiger partial charge in [0.2, 0.25) is 0 Å². The molecule has 0 aliphatic heterocycles. The van der Waals surface area contributed by atoms with E-state index in [4.69, 9.17) is 5.84 Å². The van der Waals surface area contributed by atoms with Gasteiger partial charge in [0.25, 0.3) is 0 Å². The molecule has 0 saturated heterocycles. The molecule has 0 radical (unpaired) electrons. The van der Waals surface area contributed by atoms with Crippen LogP contribution >= 0.6 is 11.3 Å². The molecule has 2 rings (SSSR count). The van der Waals surface area contributed by atoms with Crippen molar-refractivity contribution in [1.82, 2.24) is 4.98 Å². The molecule has 0 bridgehead atoms. The van der Waals surface area contributed by atoms with Gasteiger partial charge >= 0.3 is 0 Å². The molecule has 0 aliphatic carbocycles. The number of thiazole rings is 1. The van der Waals surface area contributed by atoms with E-state index in [0.717, 1.165) is 11.3 Å². The summed E-state index contributed by atoms with van der Waals surface area (Å²) >= 11 is 1.65. The Hall–Kier alpha value is -1.68. The number of aromatic nitrogens is 1. The van der Waals surface area contributed by atoms with Gasteiger partial charge in [-0.15, -0.1) is 11.3 Å². The standard InChI is InChI=1S/C11H11N3S/c1-8-11(15-7-13-8)10-4-2-9(3-5-10)6-14-12/h2-7H,12H2,1H3. The molecule has 1 aromatic carbocycles. The lowest BCUT2D eigenvalue weighted by atomic mass is 10.1. The maximum atomic E-state index is 5.08. The highest BCUT2D eigenvalue weighted by Crippen LogP contribution is 2.26. The van der Waals surface area contributed by atoms with Crippen molar-refractivity contribution in [2.75, 3.05) is 0 Å². The topological polar surface area (TPSA) is 51.3 Å². The van der Waals surface area contributed by atoms with E-state index in [-0.39, 0.29) is 0 Å². The number of benzene rings is 1. The van der Waals surface area contributed by atoms with Crippen molar-refractivity contribution >= 4 is 17.6 Å². The fraction of sp³-hybridized carbons (Fsp3) is 0.0909. The second-order valence-corrected chi connectivity index (χ2v) is 4.02. The summed E-state index contributed by atoms with van der Waals surface area (Å²) in [6.07, 6.45) is 1.63. The number of hydrogen-bond donors (Lipinski definition) is 1. The molecule has 15 heavy (non-hydrogen) atoms. The minimum atomic E-state index is 1.00. The molecule has 0 saturated carbocycles. The molecule has 76 valence electrons. The van der Waals surface area contributed by atoms with Crippen LogP contribution in [0.15, 0.2) is 34.9 Å². The molecule has 1 heterocycles. The Labute approximate surface area is 92.3 Å². The molecular formula is C11H11N3S. The number of nitrogens with two attached hydrogens (primary N) is 1. The molecule has 2 aromatic rings. The number of nitrogens with zero attached hydrogens (tertiary/aromatic N) is 2. The van der Waals surface area contributed by atoms with E-state index < -0.39 is 0 Å². The van der Waals surface area contributed by atoms with E-state index in [1.807, 2.05) is 24.6 Å². The van der Waals surface area contributed by atoms with Crippen LogP contribution in [0.3, 0.4) is 0 Å². The van der Waals surface area contributed by atoms with Gasteiger partial charge in [0.05, 0.1) is 22.3 Å². The lowest BCUT2D eigenvalue weighted by Gasteiger charge is -1.99. The van der Waals surface area contributed by atoms with Crippen molar-refractivity contribution in [3.63, 3.8) is 0 Å². The first-order chi connectivity index (χ1) is 7.31. The van der Waals surface area contributed by atoms with Gasteiger partial charge in [-0.3, -0.25) is 0 Å². The fourth-order valence-corrected chi connectivity index (χ4v) is 2.20. The first-order valence-electron chi connectivity index (χ1n) is 4.55. The van der Waals surface area contributed by atoms with Gasteiger partial charge in [0.1, 0.15) is 0 Å². The lowest BCUT2D eigenvalue weighted by Crippen LogP contribution is -1.86. The largest absolute Gasteiger partial charge is 0.323 e. The Morgan fingerprint density at radius 3 is 2.60 bits per heavy atom. The minimum absolute atomic E-state index is 1.00. The zero-order chi connectivity index (χ0) is 10.7. The van der Waals surface area contributed by atoms with Crippen molar-refractivity contribution < 1.29 is 0 Å². The average Bonchev–Trinajstić information content (AvgIpc) is 2.66. The molecule has 0 atom stereocenters. The minimum Gasteiger partial charge on any atom is -0.323 e. The van der Waals surface area contributed by atoms with Crippen LogP contribution in [-0.2, 0) is 0 Å². The van der Waals surface area contributed by atoms with Gasteiger partial charge in [-0.1, -0.05) is 24.3 Å². The van der Waals surface area contributed by atoms with Crippen LogP contribution < -0.4 is 5.84 Å². The van der Waals surface area contributed by atoms with Crippen LogP contribution in [0.2, 0.25) is 0 Å². The van der Waals surface area contributed by atoms with Gasteiger partial charge in [0, 0.05) is 0 Å². The van der Waals surface area contributed by atoms with E-state index >= 15 is 0 Å². The van der Waals surface area contributed by atoms with E-state index in [0.29, 0.717) is 0 Å². The summed E-state index contributed by atoms with van der Waals surface area (Å²) in [5, 5.41) is 3.48. The van der Waals surface area contributed by atoms with Crippen LogP contribution in [0, 0.1) is 6.92 Å². The fourth-order valence-electron chi connectivity index (χ4n) is 1.39. The maximum absolute atomic E-state index is 5.08. The van der Waals surface area contributed by atoms with E-state index in [1.165, 1.54) is 10.4 Å². The monoisotopic (exact) mass is 217 g/mol. The van der Waals surface area contributed by atoms with Crippen LogP contribution in [0.5, 0.6) is 0 Å². The third-order valence-electron chi connectivity index (χ3n) is 2.14. The smallest absolute Gasteiger partial charge is 0.0801 e. The molecule has 0 spiro atoms. The van der Waals surface area contributed by atoms with Gasteiger partial charge in [-0.2, -0.15) is 5.10 Å². The molecule has 1 aromatic heterocycles. The number of aryl methyl sites for hydroxylation is 1. The van der Waals surface area contributed by atoms with Crippen molar-refractivity contribution in [3.05, 3.63) is 41.0 Å². The lowest BCUT2D eigenvalue weighted by molar-refractivity contribution is 1.26. The molecule has 2 N–H and O–H groups in total. The summed E-state index contributed by atoms with van der Waals surface area (Å²) in [5.41, 5.74) is 5.12. The summed E-state index contributed by atoms with van der Waals surface area (Å²) in [7, 11) is 0. The normalized spacial score (nSPS) is 11.0. The van der Waals surface area contributed by atoms with Gasteiger partial charge in [-0.05, 0) is 18.1 Å². The van der Waals surface area contributed by atoms with Crippen molar-refractivity contribution in [2.45, 2.75) is 6.92 Å². The average molecular weight is 217 g/mol. The Balaban J connectivity index is 2.36. The Kier molecular flexibility index (Phi) is 2.78. The molecular weight excluding hydrogens is 206 g/mol. The molecule has 4 heteroatoms. The highest BCUT2D eigenvalue weighted by molar-refractivity contribution is 7.13. The van der Waals surface area contributed by atoms with E-state index in [2.05, 4.69) is 22.2 Å². The van der Waals surface area contributed by atoms with Crippen LogP contribution in [-0.4, -0.2) is 11.2 Å². The Morgan fingerprint density at radius 1 is 1.33 bits per heavy atom. The zero-order valence-corrected chi connectivity index (χ0v) is 9.16. The quantitative estimate of drug-likeness (QED) is 0.477. The second-order valence-electron chi connectivity index (χ2n) is 3.17. The summed E-state index contributed by atoms with van der Waals surface area (Å²) in [5.74, 6) is 5.08. The van der Waals surface area contributed by atoms with E-state index in [1.54, 1.807) is 17.6 Å². The molecule has 0 fully saturated rings. The van der Waals surface area contributed by atoms with Gasteiger partial charge in [-0.25, -0.2) is 4.98 Å². The third-order valence-corrected chi connectivity index (χ3v) is 3.12. The molecule has 0 unspecified atom stereocenters. The molecule has 3 nitrogen and oxygen atoms in total. The highest BCUT2D eigenvalue weighted by atomic mass is 32.1. The van der Waals surface area contributed by atoms with Crippen molar-refractivity contribution in [1.29, 1.82) is 0 Å². The first-order valence-corrected chi connectivity index (χ1v) is 5.43. The van der Waals surface area contributed by atoms with Crippen LogP contribution in [0.25, 0.3) is 10.4 Å². The van der Waals surface area contributed by atoms with Gasteiger partial charge < -0.3 is 5.84 Å². The molecule has 0 aliphatic rings. The van der Waals surface area contributed by atoms with Gasteiger partial charge in [0.15, 0.2) is 0 Å². The summed E-state index contributed by atoms with van der Waals surface area (Å²) in [6, 6.07) is 8.09. The summed E-state index contributed by atoms with van der Waals surface area (Å²) < 4.78 is 0. The Bertz CT molecular complexity index is 471. The number of rotatable bonds is 2. The number of hydrogen-bond acceptors (Lipinski definition) is 4. The van der Waals surface area contributed by atoms with Crippen LogP contribution in [0.1, 0.15) is 11.3 Å². The predicted molar refractivity (Wildman–Crippen MR) is 64.1 cm³/mol. The summed E-state index contributed by atoms with van der Waals surface area (Å²) in [6.45, 7) is 2.01.